The SMILES string of the molecule is Cc1ccc(OC[C@@H](O)CN2C(=O)N[C@@](C)(c3cc(F)ccc3F)C2=O)cc1. The van der Waals surface area contributed by atoms with Gasteiger partial charge in [0, 0.05) is 5.56 Å². The molecule has 0 aromatic heterocycles. The number of aryl methyl sites for hydroxylation is 1. The Labute approximate surface area is 160 Å². The topological polar surface area (TPSA) is 78.9 Å². The van der Waals surface area contributed by atoms with Crippen LogP contribution in [-0.2, 0) is 10.3 Å². The molecule has 2 aromatic rings. The Morgan fingerprint density at radius 1 is 1.18 bits per heavy atom. The third-order valence-electron chi connectivity index (χ3n) is 4.60. The first-order valence-electron chi connectivity index (χ1n) is 8.68. The number of benzene rings is 2. The van der Waals surface area contributed by atoms with E-state index in [0.717, 1.165) is 28.7 Å². The van der Waals surface area contributed by atoms with E-state index in [9.17, 15) is 23.5 Å². The van der Waals surface area contributed by atoms with Crippen molar-refractivity contribution in [3.63, 3.8) is 0 Å². The van der Waals surface area contributed by atoms with E-state index in [2.05, 4.69) is 5.32 Å². The second-order valence-electron chi connectivity index (χ2n) is 6.87. The summed E-state index contributed by atoms with van der Waals surface area (Å²) in [7, 11) is 0. The van der Waals surface area contributed by atoms with Gasteiger partial charge in [-0.3, -0.25) is 9.69 Å². The molecule has 8 heteroatoms. The van der Waals surface area contributed by atoms with Gasteiger partial charge in [0.2, 0.25) is 0 Å². The summed E-state index contributed by atoms with van der Waals surface area (Å²) in [6, 6.07) is 9.05. The van der Waals surface area contributed by atoms with Crippen LogP contribution >= 0.6 is 0 Å². The average Bonchev–Trinajstić information content (AvgIpc) is 2.87. The highest BCUT2D eigenvalue weighted by Crippen LogP contribution is 2.31. The minimum atomic E-state index is -1.76. The molecule has 0 spiro atoms. The van der Waals surface area contributed by atoms with Crippen molar-refractivity contribution < 1.29 is 28.2 Å². The van der Waals surface area contributed by atoms with Crippen molar-refractivity contribution >= 4 is 11.9 Å². The van der Waals surface area contributed by atoms with Crippen molar-refractivity contribution in [3.05, 3.63) is 65.2 Å². The zero-order chi connectivity index (χ0) is 20.5. The Hall–Kier alpha value is -3.00. The highest BCUT2D eigenvalue weighted by Gasteiger charge is 2.50. The van der Waals surface area contributed by atoms with Crippen molar-refractivity contribution in [1.29, 1.82) is 0 Å². The van der Waals surface area contributed by atoms with Gasteiger partial charge in [-0.2, -0.15) is 0 Å². The maximum Gasteiger partial charge on any atom is 0.325 e. The Balaban J connectivity index is 1.69. The Bertz CT molecular complexity index is 904. The molecule has 1 aliphatic rings. The maximum absolute atomic E-state index is 14.1. The van der Waals surface area contributed by atoms with Gasteiger partial charge in [-0.05, 0) is 44.2 Å². The number of carbonyl (C=O) groups is 2. The molecule has 1 aliphatic heterocycles. The van der Waals surface area contributed by atoms with E-state index < -0.39 is 35.2 Å². The van der Waals surface area contributed by atoms with E-state index in [-0.39, 0.29) is 18.7 Å². The average molecular weight is 390 g/mol. The zero-order valence-electron chi connectivity index (χ0n) is 15.4. The number of rotatable bonds is 6. The quantitative estimate of drug-likeness (QED) is 0.743. The van der Waals surface area contributed by atoms with Gasteiger partial charge < -0.3 is 15.2 Å². The van der Waals surface area contributed by atoms with Crippen LogP contribution in [0.25, 0.3) is 0 Å². The van der Waals surface area contributed by atoms with Gasteiger partial charge in [0.15, 0.2) is 0 Å². The highest BCUT2D eigenvalue weighted by molar-refractivity contribution is 6.07. The molecule has 0 aliphatic carbocycles. The third kappa shape index (κ3) is 3.82. The normalized spacial score (nSPS) is 20.2. The first kappa shape index (κ1) is 19.8. The van der Waals surface area contributed by atoms with Crippen LogP contribution in [0.15, 0.2) is 42.5 Å². The van der Waals surface area contributed by atoms with E-state index >= 15 is 0 Å². The summed E-state index contributed by atoms with van der Waals surface area (Å²) in [5, 5.41) is 12.5. The van der Waals surface area contributed by atoms with Crippen LogP contribution in [0.5, 0.6) is 5.75 Å². The molecule has 3 amide bonds. The maximum atomic E-state index is 14.1. The molecule has 2 N–H and O–H groups in total. The summed E-state index contributed by atoms with van der Waals surface area (Å²) in [5.74, 6) is -1.79. The summed E-state index contributed by atoms with van der Waals surface area (Å²) in [5.41, 5.74) is -0.990. The number of imide groups is 1. The predicted molar refractivity (Wildman–Crippen MR) is 96.6 cm³/mol. The molecule has 0 radical (unpaired) electrons. The van der Waals surface area contributed by atoms with Gasteiger partial charge in [-0.15, -0.1) is 0 Å². The number of hydrogen-bond acceptors (Lipinski definition) is 4. The first-order chi connectivity index (χ1) is 13.2. The summed E-state index contributed by atoms with van der Waals surface area (Å²) in [4.78, 5) is 25.8. The number of nitrogens with zero attached hydrogens (tertiary/aromatic N) is 1. The molecule has 2 aromatic carbocycles. The summed E-state index contributed by atoms with van der Waals surface area (Å²) in [6.07, 6.45) is -1.16. The molecule has 6 nitrogen and oxygen atoms in total. The van der Waals surface area contributed by atoms with Gasteiger partial charge in [0.25, 0.3) is 5.91 Å². The van der Waals surface area contributed by atoms with E-state index in [0.29, 0.717) is 5.75 Å². The molecule has 1 heterocycles. The monoisotopic (exact) mass is 390 g/mol. The number of aliphatic hydroxyl groups excluding tert-OH is 1. The largest absolute Gasteiger partial charge is 0.491 e. The zero-order valence-corrected chi connectivity index (χ0v) is 15.4. The van der Waals surface area contributed by atoms with E-state index in [1.165, 1.54) is 6.92 Å². The molecule has 148 valence electrons. The third-order valence-corrected chi connectivity index (χ3v) is 4.60. The fourth-order valence-electron chi connectivity index (χ4n) is 3.02. The second kappa shape index (κ2) is 7.55. The molecule has 0 bridgehead atoms. The highest BCUT2D eigenvalue weighted by atomic mass is 19.1. The number of urea groups is 1. The van der Waals surface area contributed by atoms with Crippen LogP contribution in [0.4, 0.5) is 13.6 Å². The molecule has 1 saturated heterocycles. The van der Waals surface area contributed by atoms with Crippen molar-refractivity contribution in [2.24, 2.45) is 0 Å². The van der Waals surface area contributed by atoms with Crippen LogP contribution in [0, 0.1) is 18.6 Å². The summed E-state index contributed by atoms with van der Waals surface area (Å²) in [6.45, 7) is 2.73. The number of halogens is 2. The number of nitrogens with one attached hydrogen (secondary N) is 1. The number of amides is 3. The van der Waals surface area contributed by atoms with Gasteiger partial charge in [-0.25, -0.2) is 13.6 Å². The van der Waals surface area contributed by atoms with Crippen molar-refractivity contribution in [2.45, 2.75) is 25.5 Å². The molecule has 0 unspecified atom stereocenters. The lowest BCUT2D eigenvalue weighted by atomic mass is 9.91. The molecule has 28 heavy (non-hydrogen) atoms. The molecule has 0 saturated carbocycles. The summed E-state index contributed by atoms with van der Waals surface area (Å²) >= 11 is 0. The molecule has 3 rings (SSSR count). The van der Waals surface area contributed by atoms with Gasteiger partial charge in [-0.1, -0.05) is 17.7 Å². The van der Waals surface area contributed by atoms with Gasteiger partial charge in [0.1, 0.15) is 35.6 Å². The van der Waals surface area contributed by atoms with E-state index in [4.69, 9.17) is 4.74 Å². The molecular weight excluding hydrogens is 370 g/mol. The van der Waals surface area contributed by atoms with Crippen LogP contribution in [0.3, 0.4) is 0 Å². The van der Waals surface area contributed by atoms with E-state index in [1.807, 2.05) is 19.1 Å². The number of carbonyl (C=O) groups excluding carboxylic acids is 2. The second-order valence-corrected chi connectivity index (χ2v) is 6.87. The fraction of sp³-hybridized carbons (Fsp3) is 0.300. The van der Waals surface area contributed by atoms with Gasteiger partial charge >= 0.3 is 6.03 Å². The van der Waals surface area contributed by atoms with Crippen LogP contribution in [0.2, 0.25) is 0 Å². The standard InChI is InChI=1S/C20H20F2N2O4/c1-12-3-6-15(7-4-12)28-11-14(25)10-24-18(26)20(2,23-19(24)27)16-9-13(21)5-8-17(16)22/h3-9,14,25H,10-11H2,1-2H3,(H,23,27)/t14-,20-/m0/s1. The molecule has 2 atom stereocenters. The molecule has 1 fully saturated rings. The number of ether oxygens (including phenoxy) is 1. The number of hydrogen-bond donors (Lipinski definition) is 2. The van der Waals surface area contributed by atoms with Crippen LogP contribution in [-0.4, -0.2) is 41.2 Å². The minimum absolute atomic E-state index is 0.148. The smallest absolute Gasteiger partial charge is 0.325 e. The number of β-amino-alcohol motifs (C(OH)–C–C–N with tert-alkyl or cyclic N) is 1. The van der Waals surface area contributed by atoms with E-state index in [1.54, 1.807) is 12.1 Å². The van der Waals surface area contributed by atoms with Crippen molar-refractivity contribution in [1.82, 2.24) is 10.2 Å². The Morgan fingerprint density at radius 2 is 1.86 bits per heavy atom. The lowest BCUT2D eigenvalue weighted by Crippen LogP contribution is -2.43. The van der Waals surface area contributed by atoms with Crippen molar-refractivity contribution in [3.8, 4) is 5.75 Å². The summed E-state index contributed by atoms with van der Waals surface area (Å²) < 4.78 is 33.1. The van der Waals surface area contributed by atoms with Crippen molar-refractivity contribution in [2.75, 3.05) is 13.2 Å². The minimum Gasteiger partial charge on any atom is -0.491 e. The lowest BCUT2D eigenvalue weighted by Gasteiger charge is -2.23. The van der Waals surface area contributed by atoms with Crippen LogP contribution < -0.4 is 10.1 Å². The fourth-order valence-corrected chi connectivity index (χ4v) is 3.02. The molecular formula is C20H20F2N2O4. The predicted octanol–water partition coefficient (Wildman–Crippen LogP) is 2.48. The van der Waals surface area contributed by atoms with Gasteiger partial charge in [0.05, 0.1) is 6.54 Å². The lowest BCUT2D eigenvalue weighted by molar-refractivity contribution is -0.132. The Morgan fingerprint density at radius 3 is 2.54 bits per heavy atom. The van der Waals surface area contributed by atoms with Crippen LogP contribution in [0.1, 0.15) is 18.1 Å². The first-order valence-corrected chi connectivity index (χ1v) is 8.68. The Kier molecular flexibility index (Phi) is 5.33. The number of aliphatic hydroxyl groups is 1.